The van der Waals surface area contributed by atoms with Crippen molar-refractivity contribution in [3.05, 3.63) is 30.5 Å². The lowest BCUT2D eigenvalue weighted by Gasteiger charge is -2.30. The van der Waals surface area contributed by atoms with Crippen LogP contribution in [-0.4, -0.2) is 82.0 Å². The van der Waals surface area contributed by atoms with Gasteiger partial charge in [-0.2, -0.15) is 5.10 Å². The maximum absolute atomic E-state index is 12.9. The van der Waals surface area contributed by atoms with Crippen LogP contribution in [0, 0.1) is 5.92 Å². The Kier molecular flexibility index (Phi) is 4.60. The van der Waals surface area contributed by atoms with Gasteiger partial charge in [-0.3, -0.25) is 19.2 Å². The third-order valence-corrected chi connectivity index (χ3v) is 4.98. The molecule has 3 heterocycles. The maximum atomic E-state index is 12.9. The highest BCUT2D eigenvalue weighted by Crippen LogP contribution is 2.20. The molecule has 0 aliphatic carbocycles. The number of fused-ring (bicyclic) bond motifs is 4. The van der Waals surface area contributed by atoms with Crippen LogP contribution in [0.2, 0.25) is 0 Å². The van der Waals surface area contributed by atoms with E-state index in [2.05, 4.69) is 5.10 Å². The number of aliphatic carboxylic acids is 1. The van der Waals surface area contributed by atoms with Gasteiger partial charge in [0, 0.05) is 37.1 Å². The minimum absolute atomic E-state index is 0.000421. The summed E-state index contributed by atoms with van der Waals surface area (Å²) in [6, 6.07) is 7.64. The molecule has 1 amide bonds. The zero-order chi connectivity index (χ0) is 18.1. The Balaban J connectivity index is 1.50. The average Bonchev–Trinajstić information content (AvgIpc) is 2.76. The monoisotopic (exact) mass is 358 g/mol. The zero-order valence-corrected chi connectivity index (χ0v) is 14.5. The first-order chi connectivity index (χ1) is 12.6. The van der Waals surface area contributed by atoms with Crippen molar-refractivity contribution >= 4 is 22.8 Å². The Morgan fingerprint density at radius 3 is 2.81 bits per heavy atom. The number of aromatic nitrogens is 2. The van der Waals surface area contributed by atoms with Crippen LogP contribution < -0.4 is 0 Å². The lowest BCUT2D eigenvalue weighted by atomic mass is 10.1. The van der Waals surface area contributed by atoms with Gasteiger partial charge in [0.05, 0.1) is 31.3 Å². The molecule has 1 aromatic carbocycles. The molecule has 2 bridgehead atoms. The number of hydrogen-bond acceptors (Lipinski definition) is 5. The van der Waals surface area contributed by atoms with E-state index in [-0.39, 0.29) is 31.0 Å². The Bertz CT molecular complexity index is 787. The van der Waals surface area contributed by atoms with Gasteiger partial charge in [-0.25, -0.2) is 0 Å². The van der Waals surface area contributed by atoms with Gasteiger partial charge in [0.15, 0.2) is 0 Å². The SMILES string of the molecule is O=C(O)CN1C[C@@H]2COC[C@H](C1)N(C(=O)Cn1cc3ccccc3n1)C2. The van der Waals surface area contributed by atoms with Crippen LogP contribution in [0.25, 0.3) is 10.9 Å². The van der Waals surface area contributed by atoms with Crippen molar-refractivity contribution in [3.8, 4) is 0 Å². The second-order valence-corrected chi connectivity index (χ2v) is 7.08. The first-order valence-corrected chi connectivity index (χ1v) is 8.82. The maximum Gasteiger partial charge on any atom is 0.317 e. The molecule has 0 radical (unpaired) electrons. The van der Waals surface area contributed by atoms with Crippen LogP contribution in [0.4, 0.5) is 0 Å². The molecule has 2 aliphatic rings. The van der Waals surface area contributed by atoms with Gasteiger partial charge in [0.25, 0.3) is 0 Å². The summed E-state index contributed by atoms with van der Waals surface area (Å²) in [4.78, 5) is 27.8. The highest BCUT2D eigenvalue weighted by Gasteiger charge is 2.36. The smallest absolute Gasteiger partial charge is 0.317 e. The molecule has 8 nitrogen and oxygen atoms in total. The van der Waals surface area contributed by atoms with Gasteiger partial charge in [0.1, 0.15) is 6.54 Å². The van der Waals surface area contributed by atoms with Gasteiger partial charge < -0.3 is 14.7 Å². The normalized spacial score (nSPS) is 23.8. The summed E-state index contributed by atoms with van der Waals surface area (Å²) in [5.74, 6) is -0.718. The van der Waals surface area contributed by atoms with Crippen LogP contribution >= 0.6 is 0 Å². The fourth-order valence-corrected chi connectivity index (χ4v) is 3.89. The fraction of sp³-hybridized carbons (Fsp3) is 0.500. The summed E-state index contributed by atoms with van der Waals surface area (Å²) in [7, 11) is 0. The standard InChI is InChI=1S/C18H22N4O4/c23-17(9-21-7-14-3-1-2-4-16(14)19-21)22-6-13-5-20(10-18(24)25)8-15(22)12-26-11-13/h1-4,7,13,15H,5-6,8-12H2,(H,24,25)/t13-,15-/m0/s1. The molecule has 26 heavy (non-hydrogen) atoms. The molecule has 2 aromatic rings. The van der Waals surface area contributed by atoms with E-state index in [0.717, 1.165) is 10.9 Å². The summed E-state index contributed by atoms with van der Waals surface area (Å²) in [5.41, 5.74) is 0.867. The third kappa shape index (κ3) is 3.56. The molecule has 0 saturated carbocycles. The van der Waals surface area contributed by atoms with E-state index in [1.54, 1.807) is 4.68 Å². The molecule has 2 aliphatic heterocycles. The Hall–Kier alpha value is -2.45. The van der Waals surface area contributed by atoms with Crippen molar-refractivity contribution in [2.24, 2.45) is 5.92 Å². The van der Waals surface area contributed by atoms with E-state index in [0.29, 0.717) is 32.8 Å². The van der Waals surface area contributed by atoms with Crippen molar-refractivity contribution < 1.29 is 19.4 Å². The molecule has 0 unspecified atom stereocenters. The minimum Gasteiger partial charge on any atom is -0.480 e. The molecule has 1 aromatic heterocycles. The molecule has 4 rings (SSSR count). The predicted octanol–water partition coefficient (Wildman–Crippen LogP) is 0.280. The molecule has 2 fully saturated rings. The summed E-state index contributed by atoms with van der Waals surface area (Å²) in [6.07, 6.45) is 1.88. The first kappa shape index (κ1) is 17.0. The average molecular weight is 358 g/mol. The van der Waals surface area contributed by atoms with E-state index in [1.165, 1.54) is 0 Å². The van der Waals surface area contributed by atoms with E-state index in [4.69, 9.17) is 9.84 Å². The molecule has 8 heteroatoms. The van der Waals surface area contributed by atoms with Crippen LogP contribution in [0.1, 0.15) is 0 Å². The topological polar surface area (TPSA) is 87.9 Å². The van der Waals surface area contributed by atoms with Crippen molar-refractivity contribution in [1.29, 1.82) is 0 Å². The summed E-state index contributed by atoms with van der Waals surface area (Å²) < 4.78 is 7.38. The summed E-state index contributed by atoms with van der Waals surface area (Å²) in [6.45, 7) is 2.94. The van der Waals surface area contributed by atoms with Crippen LogP contribution in [0.15, 0.2) is 30.5 Å². The zero-order valence-electron chi connectivity index (χ0n) is 14.5. The predicted molar refractivity (Wildman–Crippen MR) is 93.6 cm³/mol. The number of nitrogens with zero attached hydrogens (tertiary/aromatic N) is 4. The molecule has 138 valence electrons. The number of carboxylic acids is 1. The Morgan fingerprint density at radius 2 is 2.00 bits per heavy atom. The molecule has 2 atom stereocenters. The van der Waals surface area contributed by atoms with Gasteiger partial charge in [0.2, 0.25) is 5.91 Å². The van der Waals surface area contributed by atoms with Crippen LogP contribution in [0.3, 0.4) is 0 Å². The number of ether oxygens (including phenoxy) is 1. The second-order valence-electron chi connectivity index (χ2n) is 7.08. The number of carbonyl (C=O) groups is 2. The molecule has 0 spiro atoms. The minimum atomic E-state index is -0.841. The summed E-state index contributed by atoms with van der Waals surface area (Å²) in [5, 5.41) is 14.6. The van der Waals surface area contributed by atoms with Gasteiger partial charge in [-0.15, -0.1) is 0 Å². The number of amides is 1. The van der Waals surface area contributed by atoms with Crippen molar-refractivity contribution in [2.75, 3.05) is 39.4 Å². The van der Waals surface area contributed by atoms with Gasteiger partial charge in [-0.1, -0.05) is 18.2 Å². The van der Waals surface area contributed by atoms with Crippen molar-refractivity contribution in [1.82, 2.24) is 19.6 Å². The van der Waals surface area contributed by atoms with Crippen LogP contribution in [-0.2, 0) is 20.9 Å². The van der Waals surface area contributed by atoms with Gasteiger partial charge >= 0.3 is 5.97 Å². The van der Waals surface area contributed by atoms with E-state index >= 15 is 0 Å². The number of carbonyl (C=O) groups excluding carboxylic acids is 1. The summed E-state index contributed by atoms with van der Waals surface area (Å²) >= 11 is 0. The third-order valence-electron chi connectivity index (χ3n) is 4.98. The quantitative estimate of drug-likeness (QED) is 0.845. The first-order valence-electron chi connectivity index (χ1n) is 8.82. The highest BCUT2D eigenvalue weighted by molar-refractivity contribution is 5.80. The largest absolute Gasteiger partial charge is 0.480 e. The molecular formula is C18H22N4O4. The van der Waals surface area contributed by atoms with Crippen molar-refractivity contribution in [2.45, 2.75) is 12.6 Å². The molecule has 1 N–H and O–H groups in total. The Morgan fingerprint density at radius 1 is 1.15 bits per heavy atom. The van der Waals surface area contributed by atoms with Gasteiger partial charge in [-0.05, 0) is 6.07 Å². The number of hydrogen-bond donors (Lipinski definition) is 1. The molecular weight excluding hydrogens is 336 g/mol. The number of benzene rings is 1. The fourth-order valence-electron chi connectivity index (χ4n) is 3.89. The lowest BCUT2D eigenvalue weighted by Crippen LogP contribution is -2.48. The molecule has 2 saturated heterocycles. The number of rotatable bonds is 4. The second kappa shape index (κ2) is 7.05. The van der Waals surface area contributed by atoms with Crippen molar-refractivity contribution in [3.63, 3.8) is 0 Å². The van der Waals surface area contributed by atoms with E-state index in [1.807, 2.05) is 40.3 Å². The van der Waals surface area contributed by atoms with Crippen LogP contribution in [0.5, 0.6) is 0 Å². The van der Waals surface area contributed by atoms with E-state index in [9.17, 15) is 9.59 Å². The Labute approximate surface area is 150 Å². The van der Waals surface area contributed by atoms with E-state index < -0.39 is 5.97 Å². The lowest BCUT2D eigenvalue weighted by molar-refractivity contribution is -0.138. The number of carboxylic acid groups (broad SMARTS) is 1. The highest BCUT2D eigenvalue weighted by atomic mass is 16.5.